The van der Waals surface area contributed by atoms with Crippen LogP contribution in [0.2, 0.25) is 0 Å². The Labute approximate surface area is 178 Å². The van der Waals surface area contributed by atoms with Gasteiger partial charge in [0.1, 0.15) is 6.04 Å². The third kappa shape index (κ3) is 4.21. The molecule has 5 fully saturated rings. The van der Waals surface area contributed by atoms with Gasteiger partial charge >= 0.3 is 0 Å². The fraction of sp³-hybridized carbons (Fsp3) is 0.864. The topological polar surface area (TPSA) is 82.2 Å². The van der Waals surface area contributed by atoms with Gasteiger partial charge in [0.15, 0.2) is 0 Å². The highest BCUT2D eigenvalue weighted by Crippen LogP contribution is 2.37. The molecule has 5 rings (SSSR count). The zero-order valence-electron chi connectivity index (χ0n) is 17.8. The summed E-state index contributed by atoms with van der Waals surface area (Å²) in [6.07, 6.45) is 6.44. The molecule has 2 saturated carbocycles. The molecule has 0 aromatic rings. The summed E-state index contributed by atoms with van der Waals surface area (Å²) in [5.41, 5.74) is 0. The zero-order valence-corrected chi connectivity index (χ0v) is 17.8. The predicted octanol–water partition coefficient (Wildman–Crippen LogP) is 0.215. The number of ether oxygens (including phenoxy) is 1. The van der Waals surface area contributed by atoms with E-state index in [9.17, 15) is 14.4 Å². The maximum atomic E-state index is 13.4. The van der Waals surface area contributed by atoms with Crippen LogP contribution < -0.4 is 5.32 Å². The number of likely N-dealkylation sites (tertiary alicyclic amines) is 1. The summed E-state index contributed by atoms with van der Waals surface area (Å²) in [6.45, 7) is 4.81. The average molecular weight is 419 g/mol. The van der Waals surface area contributed by atoms with E-state index in [1.54, 1.807) is 0 Å². The van der Waals surface area contributed by atoms with Crippen molar-refractivity contribution >= 4 is 17.7 Å². The van der Waals surface area contributed by atoms with Gasteiger partial charge in [-0.25, -0.2) is 0 Å². The van der Waals surface area contributed by atoms with E-state index in [0.29, 0.717) is 32.6 Å². The van der Waals surface area contributed by atoms with Crippen LogP contribution in [-0.2, 0) is 19.1 Å². The normalized spacial score (nSPS) is 31.8. The molecule has 5 aliphatic rings. The van der Waals surface area contributed by atoms with E-state index in [1.807, 2.05) is 14.7 Å². The third-order valence-corrected chi connectivity index (χ3v) is 7.28. The van der Waals surface area contributed by atoms with Gasteiger partial charge in [-0.3, -0.25) is 14.4 Å². The first-order valence-corrected chi connectivity index (χ1v) is 11.8. The molecular formula is C22H34N4O4. The minimum absolute atomic E-state index is 0.0592. The molecule has 8 nitrogen and oxygen atoms in total. The first kappa shape index (κ1) is 20.2. The highest BCUT2D eigenvalue weighted by atomic mass is 16.5. The van der Waals surface area contributed by atoms with E-state index >= 15 is 0 Å². The number of amides is 3. The molecule has 0 spiro atoms. The molecular weight excluding hydrogens is 384 g/mol. The second-order valence-electron chi connectivity index (χ2n) is 9.65. The number of carbonyl (C=O) groups excluding carboxylic acids is 3. The molecule has 3 atom stereocenters. The van der Waals surface area contributed by atoms with Crippen LogP contribution in [0.5, 0.6) is 0 Å². The van der Waals surface area contributed by atoms with Crippen LogP contribution in [0.3, 0.4) is 0 Å². The zero-order chi connectivity index (χ0) is 20.7. The molecule has 0 radical (unpaired) electrons. The van der Waals surface area contributed by atoms with Crippen LogP contribution in [0.15, 0.2) is 0 Å². The highest BCUT2D eigenvalue weighted by molar-refractivity contribution is 5.90. The summed E-state index contributed by atoms with van der Waals surface area (Å²) in [6, 6.07) is -0.512. The molecule has 0 bridgehead atoms. The lowest BCUT2D eigenvalue weighted by molar-refractivity contribution is -0.144. The Kier molecular flexibility index (Phi) is 5.71. The fourth-order valence-corrected chi connectivity index (χ4v) is 5.17. The quantitative estimate of drug-likeness (QED) is 0.667. The number of rotatable bonds is 6. The van der Waals surface area contributed by atoms with E-state index in [2.05, 4.69) is 5.32 Å². The molecule has 3 amide bonds. The number of nitrogens with one attached hydrogen (secondary N) is 1. The van der Waals surface area contributed by atoms with Crippen LogP contribution in [0, 0.1) is 11.8 Å². The molecule has 3 heterocycles. The second-order valence-corrected chi connectivity index (χ2v) is 9.65. The Balaban J connectivity index is 1.34. The molecule has 3 saturated heterocycles. The summed E-state index contributed by atoms with van der Waals surface area (Å²) in [7, 11) is 0. The molecule has 2 aliphatic carbocycles. The standard InChI is InChI=1S/C22H34N4O4/c27-20(15-3-4-15)25(14-18-2-1-11-30-18)17-12-19(22(29)24-9-7-23-8-10-24)26(13-17)21(28)16-5-6-16/h15-19,23H,1-14H2. The van der Waals surface area contributed by atoms with Crippen molar-refractivity contribution in [3.8, 4) is 0 Å². The Bertz CT molecular complexity index is 681. The number of carbonyl (C=O) groups is 3. The van der Waals surface area contributed by atoms with E-state index < -0.39 is 6.04 Å². The van der Waals surface area contributed by atoms with Crippen LogP contribution in [-0.4, -0.2) is 96.5 Å². The largest absolute Gasteiger partial charge is 0.376 e. The van der Waals surface area contributed by atoms with Crippen LogP contribution >= 0.6 is 0 Å². The van der Waals surface area contributed by atoms with E-state index in [1.165, 1.54) is 0 Å². The second kappa shape index (κ2) is 8.46. The van der Waals surface area contributed by atoms with Gasteiger partial charge in [-0.05, 0) is 44.9 Å². The molecule has 3 unspecified atom stereocenters. The van der Waals surface area contributed by atoms with Gasteiger partial charge in [0, 0.05) is 57.7 Å². The van der Waals surface area contributed by atoms with Crippen molar-refractivity contribution in [2.24, 2.45) is 11.8 Å². The van der Waals surface area contributed by atoms with Crippen molar-refractivity contribution in [3.05, 3.63) is 0 Å². The predicted molar refractivity (Wildman–Crippen MR) is 109 cm³/mol. The molecule has 30 heavy (non-hydrogen) atoms. The maximum Gasteiger partial charge on any atom is 0.245 e. The van der Waals surface area contributed by atoms with Crippen molar-refractivity contribution in [2.75, 3.05) is 45.9 Å². The molecule has 0 aromatic heterocycles. The molecule has 8 heteroatoms. The summed E-state index contributed by atoms with van der Waals surface area (Å²) in [5, 5.41) is 3.28. The molecule has 3 aliphatic heterocycles. The van der Waals surface area contributed by atoms with Gasteiger partial charge in [0.2, 0.25) is 17.7 Å². The summed E-state index contributed by atoms with van der Waals surface area (Å²) < 4.78 is 5.83. The monoisotopic (exact) mass is 418 g/mol. The van der Waals surface area contributed by atoms with Crippen molar-refractivity contribution < 1.29 is 19.1 Å². The van der Waals surface area contributed by atoms with Crippen molar-refractivity contribution in [1.29, 1.82) is 0 Å². The Morgan fingerprint density at radius 2 is 1.70 bits per heavy atom. The lowest BCUT2D eigenvalue weighted by Crippen LogP contribution is -2.53. The summed E-state index contributed by atoms with van der Waals surface area (Å²) >= 11 is 0. The molecule has 166 valence electrons. The maximum absolute atomic E-state index is 13.4. The Hall–Kier alpha value is -1.67. The summed E-state index contributed by atoms with van der Waals surface area (Å²) in [4.78, 5) is 45.2. The number of hydrogen-bond acceptors (Lipinski definition) is 5. The number of piperazine rings is 1. The van der Waals surface area contributed by atoms with Gasteiger partial charge in [-0.15, -0.1) is 0 Å². The van der Waals surface area contributed by atoms with Gasteiger partial charge in [0.25, 0.3) is 0 Å². The van der Waals surface area contributed by atoms with Gasteiger partial charge < -0.3 is 24.8 Å². The lowest BCUT2D eigenvalue weighted by atomic mass is 10.1. The first-order chi connectivity index (χ1) is 14.6. The first-order valence-electron chi connectivity index (χ1n) is 11.8. The minimum atomic E-state index is -0.430. The van der Waals surface area contributed by atoms with Crippen molar-refractivity contribution in [2.45, 2.75) is 63.1 Å². The van der Waals surface area contributed by atoms with E-state index in [4.69, 9.17) is 4.74 Å². The van der Waals surface area contributed by atoms with Gasteiger partial charge in [-0.2, -0.15) is 0 Å². The van der Waals surface area contributed by atoms with Gasteiger partial charge in [-0.1, -0.05) is 0 Å². The smallest absolute Gasteiger partial charge is 0.245 e. The SMILES string of the molecule is O=C(C1CC(N(CC2CCCO2)C(=O)C2CC2)CN1C(=O)C1CC1)N1CCNCC1. The Morgan fingerprint density at radius 3 is 2.33 bits per heavy atom. The van der Waals surface area contributed by atoms with Crippen LogP contribution in [0.25, 0.3) is 0 Å². The third-order valence-electron chi connectivity index (χ3n) is 7.28. The minimum Gasteiger partial charge on any atom is -0.376 e. The van der Waals surface area contributed by atoms with Gasteiger partial charge in [0.05, 0.1) is 12.1 Å². The van der Waals surface area contributed by atoms with E-state index in [-0.39, 0.29) is 41.7 Å². The summed E-state index contributed by atoms with van der Waals surface area (Å²) in [5.74, 6) is 0.574. The van der Waals surface area contributed by atoms with Crippen LogP contribution in [0.4, 0.5) is 0 Å². The average Bonchev–Trinajstić information content (AvgIpc) is 3.70. The molecule has 1 N–H and O–H groups in total. The molecule has 0 aromatic carbocycles. The highest BCUT2D eigenvalue weighted by Gasteiger charge is 2.49. The van der Waals surface area contributed by atoms with Crippen molar-refractivity contribution in [1.82, 2.24) is 20.0 Å². The Morgan fingerprint density at radius 1 is 0.967 bits per heavy atom. The van der Waals surface area contributed by atoms with E-state index in [0.717, 1.165) is 58.2 Å². The lowest BCUT2D eigenvalue weighted by Gasteiger charge is -2.32. The fourth-order valence-electron chi connectivity index (χ4n) is 5.17. The van der Waals surface area contributed by atoms with Crippen LogP contribution in [0.1, 0.15) is 44.9 Å². The number of hydrogen-bond donors (Lipinski definition) is 1. The van der Waals surface area contributed by atoms with Crippen molar-refractivity contribution in [3.63, 3.8) is 0 Å². The number of nitrogens with zero attached hydrogens (tertiary/aromatic N) is 3.